The summed E-state index contributed by atoms with van der Waals surface area (Å²) in [5, 5.41) is 2.95. The van der Waals surface area contributed by atoms with Gasteiger partial charge in [-0.2, -0.15) is 0 Å². The van der Waals surface area contributed by atoms with Gasteiger partial charge in [0.15, 0.2) is 0 Å². The fourth-order valence-corrected chi connectivity index (χ4v) is 2.89. The highest BCUT2D eigenvalue weighted by molar-refractivity contribution is 9.11. The fourth-order valence-electron chi connectivity index (χ4n) is 2.64. The average Bonchev–Trinajstić information content (AvgIpc) is 2.93. The number of nitrogens with one attached hydrogen (secondary N) is 1. The Morgan fingerprint density at radius 2 is 1.83 bits per heavy atom. The molecule has 24 heavy (non-hydrogen) atoms. The number of benzene rings is 2. The monoisotopic (exact) mass is 383 g/mol. The summed E-state index contributed by atoms with van der Waals surface area (Å²) in [6.45, 7) is 5.11. The van der Waals surface area contributed by atoms with Crippen LogP contribution in [0.3, 0.4) is 0 Å². The van der Waals surface area contributed by atoms with E-state index in [4.69, 9.17) is 0 Å². The Morgan fingerprint density at radius 1 is 1.12 bits per heavy atom. The quantitative estimate of drug-likeness (QED) is 0.700. The lowest BCUT2D eigenvalue weighted by molar-refractivity contribution is 0.0954. The van der Waals surface area contributed by atoms with Crippen molar-refractivity contribution in [1.82, 2.24) is 14.9 Å². The second kappa shape index (κ2) is 7.45. The molecule has 0 aliphatic carbocycles. The van der Waals surface area contributed by atoms with Crippen LogP contribution in [-0.2, 0) is 13.0 Å². The largest absolute Gasteiger partial charge is 0.352 e. The first kappa shape index (κ1) is 16.5. The minimum atomic E-state index is -0.0665. The zero-order valence-corrected chi connectivity index (χ0v) is 14.8. The second-order valence-corrected chi connectivity index (χ2v) is 6.61. The molecule has 1 aromatic heterocycles. The molecule has 0 radical (unpaired) electrons. The number of nitrogens with zero attached hydrogens (tertiary/aromatic N) is 2. The van der Waals surface area contributed by atoms with Crippen LogP contribution in [0.25, 0.3) is 11.0 Å². The van der Waals surface area contributed by atoms with Crippen molar-refractivity contribution < 1.29 is 4.79 Å². The Balaban J connectivity index is 1.73. The molecule has 122 valence electrons. The van der Waals surface area contributed by atoms with Gasteiger partial charge in [0, 0.05) is 23.0 Å². The predicted molar refractivity (Wildman–Crippen MR) is 100 cm³/mol. The highest BCUT2D eigenvalue weighted by Gasteiger charge is 2.11. The van der Waals surface area contributed by atoms with Gasteiger partial charge < -0.3 is 9.88 Å². The van der Waals surface area contributed by atoms with Gasteiger partial charge in [0.25, 0.3) is 5.91 Å². The summed E-state index contributed by atoms with van der Waals surface area (Å²) >= 11 is 3.42. The van der Waals surface area contributed by atoms with Crippen molar-refractivity contribution in [2.75, 3.05) is 6.54 Å². The zero-order chi connectivity index (χ0) is 16.9. The first-order chi connectivity index (χ1) is 11.6. The van der Waals surface area contributed by atoms with Gasteiger partial charge in [0.05, 0.1) is 17.6 Å². The van der Waals surface area contributed by atoms with Crippen LogP contribution in [0.5, 0.6) is 0 Å². The lowest BCUT2D eigenvalue weighted by atomic mass is 10.2. The third-order valence-corrected chi connectivity index (χ3v) is 3.98. The van der Waals surface area contributed by atoms with E-state index in [2.05, 4.69) is 37.4 Å². The van der Waals surface area contributed by atoms with Gasteiger partial charge in [-0.3, -0.25) is 4.79 Å². The van der Waals surface area contributed by atoms with E-state index in [1.807, 2.05) is 42.5 Å². The Labute approximate surface area is 149 Å². The Bertz CT molecular complexity index is 871. The van der Waals surface area contributed by atoms with E-state index in [-0.39, 0.29) is 5.91 Å². The van der Waals surface area contributed by atoms with Gasteiger partial charge >= 0.3 is 0 Å². The number of rotatable bonds is 6. The number of amides is 1. The smallest absolute Gasteiger partial charge is 0.251 e. The number of para-hydroxylation sites is 2. The molecule has 0 fully saturated rings. The van der Waals surface area contributed by atoms with E-state index in [1.165, 1.54) is 0 Å². The number of aromatic nitrogens is 2. The van der Waals surface area contributed by atoms with E-state index < -0.39 is 0 Å². The number of imidazole rings is 1. The lowest BCUT2D eigenvalue weighted by Gasteiger charge is -2.09. The van der Waals surface area contributed by atoms with Crippen LogP contribution >= 0.6 is 15.9 Å². The number of carbonyl (C=O) groups is 1. The van der Waals surface area contributed by atoms with Crippen molar-refractivity contribution in [3.05, 3.63) is 77.0 Å². The van der Waals surface area contributed by atoms with Crippen LogP contribution in [0.2, 0.25) is 0 Å². The van der Waals surface area contributed by atoms with Crippen molar-refractivity contribution in [3.8, 4) is 0 Å². The van der Waals surface area contributed by atoms with Crippen molar-refractivity contribution in [1.29, 1.82) is 0 Å². The maximum atomic E-state index is 12.1. The molecule has 3 rings (SSSR count). The van der Waals surface area contributed by atoms with E-state index in [9.17, 15) is 4.79 Å². The van der Waals surface area contributed by atoms with Crippen molar-refractivity contribution in [3.63, 3.8) is 0 Å². The molecule has 0 saturated carbocycles. The van der Waals surface area contributed by atoms with Gasteiger partial charge in [-0.15, -0.1) is 0 Å². The van der Waals surface area contributed by atoms with Crippen LogP contribution in [0.15, 0.2) is 65.7 Å². The van der Waals surface area contributed by atoms with Crippen molar-refractivity contribution in [2.24, 2.45) is 0 Å². The maximum absolute atomic E-state index is 12.1. The normalized spacial score (nSPS) is 10.7. The maximum Gasteiger partial charge on any atom is 0.251 e. The first-order valence-electron chi connectivity index (χ1n) is 7.76. The summed E-state index contributed by atoms with van der Waals surface area (Å²) in [5.41, 5.74) is 2.69. The molecule has 0 unspecified atom stereocenters. The van der Waals surface area contributed by atoms with Gasteiger partial charge in [-0.05, 0) is 24.3 Å². The number of hydrogen-bond donors (Lipinski definition) is 1. The molecule has 0 spiro atoms. The van der Waals surface area contributed by atoms with Gasteiger partial charge in [-0.1, -0.05) is 52.8 Å². The summed E-state index contributed by atoms with van der Waals surface area (Å²) in [4.78, 5) is 16.8. The molecule has 1 amide bonds. The van der Waals surface area contributed by atoms with Gasteiger partial charge in [0.2, 0.25) is 0 Å². The van der Waals surface area contributed by atoms with Gasteiger partial charge in [-0.25, -0.2) is 4.98 Å². The van der Waals surface area contributed by atoms with Crippen LogP contribution in [0.4, 0.5) is 0 Å². The fraction of sp³-hybridized carbons (Fsp3) is 0.158. The standard InChI is InChI=1S/C19H18BrN3O/c1-14(20)13-23-17-10-6-5-9-16(17)22-18(23)11-12-21-19(24)15-7-3-2-4-8-15/h2-10H,1,11-13H2,(H,21,24). The lowest BCUT2D eigenvalue weighted by Crippen LogP contribution is -2.26. The minimum Gasteiger partial charge on any atom is -0.352 e. The van der Waals surface area contributed by atoms with E-state index in [0.717, 1.165) is 21.3 Å². The minimum absolute atomic E-state index is 0.0665. The third-order valence-electron chi connectivity index (χ3n) is 3.73. The second-order valence-electron chi connectivity index (χ2n) is 5.49. The molecular weight excluding hydrogens is 366 g/mol. The summed E-state index contributed by atoms with van der Waals surface area (Å²) in [7, 11) is 0. The van der Waals surface area contributed by atoms with E-state index in [0.29, 0.717) is 25.1 Å². The summed E-state index contributed by atoms with van der Waals surface area (Å²) < 4.78 is 3.02. The molecule has 4 nitrogen and oxygen atoms in total. The zero-order valence-electron chi connectivity index (χ0n) is 13.2. The predicted octanol–water partition coefficient (Wildman–Crippen LogP) is 3.92. The van der Waals surface area contributed by atoms with Crippen LogP contribution in [0, 0.1) is 0 Å². The molecule has 1 N–H and O–H groups in total. The Kier molecular flexibility index (Phi) is 5.11. The molecule has 5 heteroatoms. The van der Waals surface area contributed by atoms with E-state index in [1.54, 1.807) is 12.1 Å². The number of allylic oxidation sites excluding steroid dienone is 1. The Hall–Kier alpha value is -2.40. The molecule has 0 aliphatic heterocycles. The number of hydrogen-bond acceptors (Lipinski definition) is 2. The van der Waals surface area contributed by atoms with Crippen molar-refractivity contribution >= 4 is 32.9 Å². The molecule has 0 saturated heterocycles. The van der Waals surface area contributed by atoms with Crippen molar-refractivity contribution in [2.45, 2.75) is 13.0 Å². The molecule has 0 bridgehead atoms. The topological polar surface area (TPSA) is 46.9 Å². The molecule has 0 atom stereocenters. The highest BCUT2D eigenvalue weighted by atomic mass is 79.9. The molecule has 2 aromatic carbocycles. The molecule has 1 heterocycles. The van der Waals surface area contributed by atoms with Crippen LogP contribution in [0.1, 0.15) is 16.2 Å². The molecular formula is C19H18BrN3O. The molecule has 3 aromatic rings. The van der Waals surface area contributed by atoms with Crippen LogP contribution < -0.4 is 5.32 Å². The highest BCUT2D eigenvalue weighted by Crippen LogP contribution is 2.19. The number of fused-ring (bicyclic) bond motifs is 1. The first-order valence-corrected chi connectivity index (χ1v) is 8.55. The van der Waals surface area contributed by atoms with E-state index >= 15 is 0 Å². The SMILES string of the molecule is C=C(Br)Cn1c(CCNC(=O)c2ccccc2)nc2ccccc21. The summed E-state index contributed by atoms with van der Waals surface area (Å²) in [6, 6.07) is 17.2. The molecule has 0 aliphatic rings. The van der Waals surface area contributed by atoms with Gasteiger partial charge in [0.1, 0.15) is 5.82 Å². The number of halogens is 1. The van der Waals surface area contributed by atoms with Crippen LogP contribution in [-0.4, -0.2) is 22.0 Å². The summed E-state index contributed by atoms with van der Waals surface area (Å²) in [5.74, 6) is 0.869. The third kappa shape index (κ3) is 3.74. The summed E-state index contributed by atoms with van der Waals surface area (Å²) in [6.07, 6.45) is 0.660. The number of carbonyl (C=O) groups excluding carboxylic acids is 1. The Morgan fingerprint density at radius 3 is 2.58 bits per heavy atom. The average molecular weight is 384 g/mol.